The Morgan fingerprint density at radius 3 is 1.96 bits per heavy atom. The molecule has 5 aromatic rings. The lowest BCUT2D eigenvalue weighted by Gasteiger charge is -2.26. The van der Waals surface area contributed by atoms with Gasteiger partial charge < -0.3 is 31.1 Å². The number of hydrogen-bond donors (Lipinski definition) is 5. The van der Waals surface area contributed by atoms with Gasteiger partial charge in [-0.2, -0.15) is 0 Å². The number of carboxylic acids is 1. The van der Waals surface area contributed by atoms with Crippen LogP contribution in [-0.2, 0) is 49.7 Å². The number of amides is 4. The van der Waals surface area contributed by atoms with Crippen LogP contribution in [0.1, 0.15) is 28.8 Å². The fourth-order valence-corrected chi connectivity index (χ4v) is 6.34. The molecular formula is C43H42N6O7. The smallest absolute Gasteiger partial charge is 0.326 e. The highest BCUT2D eigenvalue weighted by atomic mass is 16.5. The number of fused-ring (bicyclic) bond motifs is 16. The first-order valence-electron chi connectivity index (χ1n) is 18.3. The summed E-state index contributed by atoms with van der Waals surface area (Å²) in [4.78, 5) is 76.4. The van der Waals surface area contributed by atoms with E-state index in [-0.39, 0.29) is 25.7 Å². The summed E-state index contributed by atoms with van der Waals surface area (Å²) in [6, 6.07) is 27.5. The van der Waals surface area contributed by atoms with Crippen LogP contribution in [0.2, 0.25) is 0 Å². The lowest BCUT2D eigenvalue weighted by Crippen LogP contribution is -2.59. The highest BCUT2D eigenvalue weighted by Gasteiger charge is 2.32. The van der Waals surface area contributed by atoms with Crippen molar-refractivity contribution in [2.24, 2.45) is 0 Å². The third-order valence-electron chi connectivity index (χ3n) is 9.38. The Labute approximate surface area is 323 Å². The average molecular weight is 755 g/mol. The number of carbonyl (C=O) groups is 5. The molecule has 4 atom stereocenters. The van der Waals surface area contributed by atoms with Crippen molar-refractivity contribution in [1.82, 2.24) is 31.2 Å². The second-order valence-electron chi connectivity index (χ2n) is 13.5. The molecule has 4 unspecified atom stereocenters. The molecule has 0 aliphatic carbocycles. The van der Waals surface area contributed by atoms with E-state index in [0.717, 1.165) is 16.7 Å². The standard InChI is InChI=1S/C43H42N6O7/c50-39-27-56-34-16-11-30(12-17-34)25-38(43(54)55)49-40(51)35(18-13-28-6-2-1-3-7-28)47-41(52)36(48-42(53)37(46-39)26-33-8-4-5-21-45-33)24-29-9-14-31(15-10-29)32-19-22-44-23-20-32/h1-12,14-17,19-23,35-38H,13,18,24-27H2,(H,46,50)(H,47,52)(H,48,53)(H,49,51)(H,54,55). The van der Waals surface area contributed by atoms with Gasteiger partial charge in [-0.25, -0.2) is 4.79 Å². The van der Waals surface area contributed by atoms with Crippen molar-refractivity contribution in [3.05, 3.63) is 150 Å². The summed E-state index contributed by atoms with van der Waals surface area (Å²) in [5, 5.41) is 21.1. The van der Waals surface area contributed by atoms with Gasteiger partial charge in [-0.3, -0.25) is 29.1 Å². The molecule has 13 nitrogen and oxygen atoms in total. The summed E-state index contributed by atoms with van der Waals surface area (Å²) in [5.74, 6) is -3.51. The number of aryl methyl sites for hydroxylation is 1. The zero-order valence-corrected chi connectivity index (χ0v) is 30.5. The number of ether oxygens (including phenoxy) is 1. The van der Waals surface area contributed by atoms with Crippen molar-refractivity contribution in [2.45, 2.75) is 56.3 Å². The van der Waals surface area contributed by atoms with Crippen LogP contribution in [0.4, 0.5) is 0 Å². The number of nitrogens with zero attached hydrogens (tertiary/aromatic N) is 2. The Hall–Kier alpha value is -6.89. The van der Waals surface area contributed by atoms with Gasteiger partial charge >= 0.3 is 5.97 Å². The maximum Gasteiger partial charge on any atom is 0.326 e. The molecule has 4 heterocycles. The molecule has 0 spiro atoms. The summed E-state index contributed by atoms with van der Waals surface area (Å²) in [7, 11) is 0. The fraction of sp³-hybridized carbons (Fsp3) is 0.233. The van der Waals surface area contributed by atoms with Gasteiger partial charge in [0.2, 0.25) is 17.7 Å². The van der Waals surface area contributed by atoms with Crippen LogP contribution in [0.3, 0.4) is 0 Å². The zero-order valence-electron chi connectivity index (χ0n) is 30.5. The van der Waals surface area contributed by atoms with Crippen LogP contribution in [0.5, 0.6) is 5.75 Å². The van der Waals surface area contributed by atoms with E-state index in [0.29, 0.717) is 29.0 Å². The Balaban J connectivity index is 1.33. The molecule has 3 aromatic carbocycles. The Kier molecular flexibility index (Phi) is 13.1. The van der Waals surface area contributed by atoms with Crippen molar-refractivity contribution in [3.8, 4) is 16.9 Å². The van der Waals surface area contributed by atoms with Crippen molar-refractivity contribution >= 4 is 29.6 Å². The molecule has 4 amide bonds. The van der Waals surface area contributed by atoms with Crippen molar-refractivity contribution < 1.29 is 33.8 Å². The maximum absolute atomic E-state index is 14.3. The molecule has 56 heavy (non-hydrogen) atoms. The molecule has 2 aromatic heterocycles. The van der Waals surface area contributed by atoms with Crippen molar-refractivity contribution in [3.63, 3.8) is 0 Å². The highest BCUT2D eigenvalue weighted by Crippen LogP contribution is 2.20. The summed E-state index contributed by atoms with van der Waals surface area (Å²) in [6.45, 7) is -0.421. The van der Waals surface area contributed by atoms with E-state index in [2.05, 4.69) is 31.2 Å². The van der Waals surface area contributed by atoms with Gasteiger partial charge in [0.15, 0.2) is 6.61 Å². The molecular weight excluding hydrogens is 713 g/mol. The number of nitrogens with one attached hydrogen (secondary N) is 4. The Bertz CT molecular complexity index is 2100. The summed E-state index contributed by atoms with van der Waals surface area (Å²) < 4.78 is 5.68. The van der Waals surface area contributed by atoms with Crippen molar-refractivity contribution in [1.29, 1.82) is 0 Å². The van der Waals surface area contributed by atoms with Gasteiger partial charge in [-0.05, 0) is 77.1 Å². The molecule has 13 heteroatoms. The molecule has 0 saturated heterocycles. The highest BCUT2D eigenvalue weighted by molar-refractivity contribution is 5.95. The van der Waals surface area contributed by atoms with Crippen LogP contribution >= 0.6 is 0 Å². The lowest BCUT2D eigenvalue weighted by molar-refractivity contribution is -0.142. The number of pyridine rings is 2. The van der Waals surface area contributed by atoms with E-state index in [1.54, 1.807) is 61.1 Å². The molecule has 0 radical (unpaired) electrons. The van der Waals surface area contributed by atoms with Crippen molar-refractivity contribution in [2.75, 3.05) is 6.61 Å². The molecule has 2 aliphatic heterocycles. The normalized spacial score (nSPS) is 19.5. The van der Waals surface area contributed by atoms with E-state index < -0.39 is 60.4 Å². The number of carboxylic acid groups (broad SMARTS) is 1. The first-order valence-corrected chi connectivity index (χ1v) is 18.3. The predicted octanol–water partition coefficient (Wildman–Crippen LogP) is 3.22. The molecule has 286 valence electrons. The number of benzene rings is 3. The lowest BCUT2D eigenvalue weighted by atomic mass is 9.99. The van der Waals surface area contributed by atoms with E-state index in [9.17, 15) is 29.1 Å². The number of carbonyl (C=O) groups excluding carboxylic acids is 4. The largest absolute Gasteiger partial charge is 0.484 e. The molecule has 2 aliphatic rings. The average Bonchev–Trinajstić information content (AvgIpc) is 3.22. The first-order chi connectivity index (χ1) is 27.2. The first kappa shape index (κ1) is 38.8. The van der Waals surface area contributed by atoms with Gasteiger partial charge in [-0.1, -0.05) is 72.8 Å². The molecule has 0 fully saturated rings. The van der Waals surface area contributed by atoms with E-state index in [1.807, 2.05) is 66.7 Å². The number of rotatable bonds is 9. The second kappa shape index (κ2) is 18.9. The van der Waals surface area contributed by atoms with E-state index in [1.165, 1.54) is 0 Å². The molecule has 0 saturated carbocycles. The quantitative estimate of drug-likeness (QED) is 0.141. The van der Waals surface area contributed by atoms with Gasteiger partial charge in [0.05, 0.1) is 0 Å². The van der Waals surface area contributed by atoms with Crippen LogP contribution < -0.4 is 26.0 Å². The van der Waals surface area contributed by atoms with E-state index in [4.69, 9.17) is 4.74 Å². The third kappa shape index (κ3) is 11.1. The topological polar surface area (TPSA) is 189 Å². The summed E-state index contributed by atoms with van der Waals surface area (Å²) >= 11 is 0. The minimum absolute atomic E-state index is 0.0146. The fourth-order valence-electron chi connectivity index (χ4n) is 6.34. The minimum atomic E-state index is -1.32. The summed E-state index contributed by atoms with van der Waals surface area (Å²) in [6.07, 6.45) is 5.48. The zero-order chi connectivity index (χ0) is 39.3. The number of aliphatic carboxylic acids is 1. The SMILES string of the molecule is O=C1COc2ccc(cc2)CC(C(=O)O)NC(=O)C(CCc2ccccc2)NC(=O)C(Cc2ccc(-c3ccncc3)cc2)NC(=O)C(Cc2ccccn2)N1. The minimum Gasteiger partial charge on any atom is -0.484 e. The van der Waals surface area contributed by atoms with Gasteiger partial charge in [0, 0.05) is 43.5 Å². The monoisotopic (exact) mass is 754 g/mol. The van der Waals surface area contributed by atoms with Crippen LogP contribution in [0.15, 0.2) is 128 Å². The van der Waals surface area contributed by atoms with Crippen LogP contribution in [0, 0.1) is 0 Å². The Morgan fingerprint density at radius 2 is 1.29 bits per heavy atom. The number of aromatic nitrogens is 2. The van der Waals surface area contributed by atoms with Crippen LogP contribution in [0.25, 0.3) is 11.1 Å². The van der Waals surface area contributed by atoms with Gasteiger partial charge in [0.1, 0.15) is 29.9 Å². The molecule has 5 N–H and O–H groups in total. The molecule has 7 rings (SSSR count). The predicted molar refractivity (Wildman–Crippen MR) is 207 cm³/mol. The second-order valence-corrected chi connectivity index (χ2v) is 13.5. The van der Waals surface area contributed by atoms with Crippen LogP contribution in [-0.4, -0.2) is 75.4 Å². The van der Waals surface area contributed by atoms with E-state index >= 15 is 0 Å². The molecule has 2 bridgehead atoms. The van der Waals surface area contributed by atoms with Gasteiger partial charge in [-0.15, -0.1) is 0 Å². The number of hydrogen-bond acceptors (Lipinski definition) is 8. The summed E-state index contributed by atoms with van der Waals surface area (Å²) in [5.41, 5.74) is 4.62. The maximum atomic E-state index is 14.3. The Morgan fingerprint density at radius 1 is 0.643 bits per heavy atom. The third-order valence-corrected chi connectivity index (χ3v) is 9.38. The van der Waals surface area contributed by atoms with Gasteiger partial charge in [0.25, 0.3) is 5.91 Å².